The van der Waals surface area contributed by atoms with Crippen LogP contribution < -0.4 is 0 Å². The molecule has 78 valence electrons. The Morgan fingerprint density at radius 1 is 1.33 bits per heavy atom. The molecule has 1 heterocycles. The van der Waals surface area contributed by atoms with Gasteiger partial charge in [0.1, 0.15) is 5.52 Å². The lowest BCUT2D eigenvalue weighted by molar-refractivity contribution is 0.0953. The van der Waals surface area contributed by atoms with Gasteiger partial charge in [-0.3, -0.25) is 0 Å². The van der Waals surface area contributed by atoms with Gasteiger partial charge in [-0.15, -0.1) is 0 Å². The average molecular weight is 203 g/mol. The van der Waals surface area contributed by atoms with Gasteiger partial charge in [0.05, 0.1) is 12.0 Å². The average Bonchev–Trinajstić information content (AvgIpc) is 2.60. The highest BCUT2D eigenvalue weighted by Crippen LogP contribution is 2.43. The molecule has 0 radical (unpaired) electrons. The molecule has 0 amide bonds. The van der Waals surface area contributed by atoms with E-state index in [9.17, 15) is 5.11 Å². The second-order valence-electron chi connectivity index (χ2n) is 4.28. The summed E-state index contributed by atoms with van der Waals surface area (Å²) in [5.41, 5.74) is 1.50. The van der Waals surface area contributed by atoms with Crippen molar-refractivity contribution in [2.24, 2.45) is 0 Å². The highest BCUT2D eigenvalue weighted by Gasteiger charge is 2.42. The second kappa shape index (κ2) is 3.07. The fourth-order valence-electron chi connectivity index (χ4n) is 2.14. The van der Waals surface area contributed by atoms with Crippen molar-refractivity contribution in [3.8, 4) is 0 Å². The summed E-state index contributed by atoms with van der Waals surface area (Å²) in [5.74, 6) is 0.706. The molecule has 0 atom stereocenters. The standard InChI is InChI=1S/C12H13NO2/c14-8-12(6-3-7-12)11-13-9-4-1-2-5-10(9)15-11/h1-2,4-5,14H,3,6-8H2. The number of nitrogens with zero attached hydrogens (tertiary/aromatic N) is 1. The summed E-state index contributed by atoms with van der Waals surface area (Å²) in [6.45, 7) is 0.139. The van der Waals surface area contributed by atoms with Gasteiger partial charge in [-0.1, -0.05) is 18.6 Å². The molecule has 1 N–H and O–H groups in total. The third-order valence-corrected chi connectivity index (χ3v) is 3.36. The maximum absolute atomic E-state index is 9.42. The Kier molecular flexibility index (Phi) is 1.83. The van der Waals surface area contributed by atoms with E-state index < -0.39 is 0 Å². The van der Waals surface area contributed by atoms with Crippen LogP contribution in [0.2, 0.25) is 0 Å². The summed E-state index contributed by atoms with van der Waals surface area (Å²) < 4.78 is 5.70. The number of hydrogen-bond donors (Lipinski definition) is 1. The fraction of sp³-hybridized carbons (Fsp3) is 0.417. The zero-order valence-corrected chi connectivity index (χ0v) is 8.44. The lowest BCUT2D eigenvalue weighted by atomic mass is 9.69. The van der Waals surface area contributed by atoms with E-state index in [0.29, 0.717) is 5.89 Å². The molecular weight excluding hydrogens is 190 g/mol. The zero-order chi connectivity index (χ0) is 10.3. The minimum absolute atomic E-state index is 0.139. The number of para-hydroxylation sites is 2. The quantitative estimate of drug-likeness (QED) is 0.814. The minimum Gasteiger partial charge on any atom is -0.440 e. The summed E-state index contributed by atoms with van der Waals surface area (Å²) in [6, 6.07) is 7.73. The largest absolute Gasteiger partial charge is 0.440 e. The van der Waals surface area contributed by atoms with E-state index in [1.807, 2.05) is 24.3 Å². The number of rotatable bonds is 2. The van der Waals surface area contributed by atoms with E-state index in [-0.39, 0.29) is 12.0 Å². The Morgan fingerprint density at radius 2 is 2.13 bits per heavy atom. The third kappa shape index (κ3) is 1.20. The highest BCUT2D eigenvalue weighted by molar-refractivity contribution is 5.72. The molecule has 0 saturated heterocycles. The predicted molar refractivity (Wildman–Crippen MR) is 56.6 cm³/mol. The summed E-state index contributed by atoms with van der Waals surface area (Å²) >= 11 is 0. The number of oxazole rings is 1. The van der Waals surface area contributed by atoms with E-state index in [4.69, 9.17) is 4.42 Å². The summed E-state index contributed by atoms with van der Waals surface area (Å²) in [6.07, 6.45) is 3.12. The molecule has 1 saturated carbocycles. The Morgan fingerprint density at radius 3 is 2.73 bits per heavy atom. The smallest absolute Gasteiger partial charge is 0.204 e. The first kappa shape index (κ1) is 8.92. The molecule has 0 unspecified atom stereocenters. The van der Waals surface area contributed by atoms with Gasteiger partial charge in [0.25, 0.3) is 0 Å². The van der Waals surface area contributed by atoms with Crippen LogP contribution in [0.15, 0.2) is 28.7 Å². The first-order chi connectivity index (χ1) is 7.34. The Hall–Kier alpha value is -1.35. The molecule has 1 aliphatic rings. The van der Waals surface area contributed by atoms with Crippen LogP contribution >= 0.6 is 0 Å². The van der Waals surface area contributed by atoms with Gasteiger partial charge in [-0.25, -0.2) is 4.98 Å². The molecule has 0 bridgehead atoms. The normalized spacial score (nSPS) is 19.0. The topological polar surface area (TPSA) is 46.3 Å². The number of aliphatic hydroxyl groups is 1. The molecule has 3 heteroatoms. The van der Waals surface area contributed by atoms with Crippen molar-refractivity contribution in [1.29, 1.82) is 0 Å². The maximum Gasteiger partial charge on any atom is 0.204 e. The molecule has 0 spiro atoms. The monoisotopic (exact) mass is 203 g/mol. The van der Waals surface area contributed by atoms with Crippen LogP contribution in [0.5, 0.6) is 0 Å². The minimum atomic E-state index is -0.195. The predicted octanol–water partition coefficient (Wildman–Crippen LogP) is 2.24. The maximum atomic E-state index is 9.42. The van der Waals surface area contributed by atoms with E-state index in [2.05, 4.69) is 4.98 Å². The van der Waals surface area contributed by atoms with Gasteiger partial charge < -0.3 is 9.52 Å². The van der Waals surface area contributed by atoms with E-state index >= 15 is 0 Å². The first-order valence-electron chi connectivity index (χ1n) is 5.31. The molecule has 0 aliphatic heterocycles. The van der Waals surface area contributed by atoms with Crippen molar-refractivity contribution in [2.75, 3.05) is 6.61 Å². The first-order valence-corrected chi connectivity index (χ1v) is 5.31. The molecule has 1 aliphatic carbocycles. The number of hydrogen-bond acceptors (Lipinski definition) is 3. The fourth-order valence-corrected chi connectivity index (χ4v) is 2.14. The molecule has 1 aromatic carbocycles. The van der Waals surface area contributed by atoms with Gasteiger partial charge in [0.15, 0.2) is 5.58 Å². The molecule has 3 nitrogen and oxygen atoms in total. The van der Waals surface area contributed by atoms with Gasteiger partial charge in [-0.05, 0) is 25.0 Å². The van der Waals surface area contributed by atoms with Crippen LogP contribution in [0.25, 0.3) is 11.1 Å². The lowest BCUT2D eigenvalue weighted by Gasteiger charge is -2.36. The number of fused-ring (bicyclic) bond motifs is 1. The third-order valence-electron chi connectivity index (χ3n) is 3.36. The number of aromatic nitrogens is 1. The van der Waals surface area contributed by atoms with Crippen LogP contribution in [0.4, 0.5) is 0 Å². The van der Waals surface area contributed by atoms with E-state index in [0.717, 1.165) is 30.4 Å². The summed E-state index contributed by atoms with van der Waals surface area (Å²) in [4.78, 5) is 4.45. The second-order valence-corrected chi connectivity index (χ2v) is 4.28. The van der Waals surface area contributed by atoms with Gasteiger partial charge in [0.2, 0.25) is 5.89 Å². The van der Waals surface area contributed by atoms with Gasteiger partial charge in [-0.2, -0.15) is 0 Å². The van der Waals surface area contributed by atoms with Gasteiger partial charge >= 0.3 is 0 Å². The van der Waals surface area contributed by atoms with Crippen LogP contribution in [0, 0.1) is 0 Å². The highest BCUT2D eigenvalue weighted by atomic mass is 16.4. The SMILES string of the molecule is OCC1(c2nc3ccccc3o2)CCC1. The number of aliphatic hydroxyl groups excluding tert-OH is 1. The van der Waals surface area contributed by atoms with Gasteiger partial charge in [0, 0.05) is 0 Å². The molecule has 3 rings (SSSR count). The van der Waals surface area contributed by atoms with Crippen molar-refractivity contribution in [3.63, 3.8) is 0 Å². The Balaban J connectivity index is 2.11. The van der Waals surface area contributed by atoms with Crippen molar-refractivity contribution >= 4 is 11.1 Å². The van der Waals surface area contributed by atoms with Crippen LogP contribution in [0.1, 0.15) is 25.2 Å². The summed E-state index contributed by atoms with van der Waals surface area (Å²) in [5, 5.41) is 9.42. The van der Waals surface area contributed by atoms with Crippen LogP contribution in [-0.2, 0) is 5.41 Å². The summed E-state index contributed by atoms with van der Waals surface area (Å²) in [7, 11) is 0. The molecular formula is C12H13NO2. The zero-order valence-electron chi connectivity index (χ0n) is 8.44. The van der Waals surface area contributed by atoms with Crippen molar-refractivity contribution in [1.82, 2.24) is 4.98 Å². The van der Waals surface area contributed by atoms with E-state index in [1.54, 1.807) is 0 Å². The van der Waals surface area contributed by atoms with Crippen molar-refractivity contribution in [2.45, 2.75) is 24.7 Å². The van der Waals surface area contributed by atoms with Crippen molar-refractivity contribution in [3.05, 3.63) is 30.2 Å². The molecule has 1 aromatic heterocycles. The molecule has 1 fully saturated rings. The molecule has 15 heavy (non-hydrogen) atoms. The molecule has 2 aromatic rings. The van der Waals surface area contributed by atoms with Crippen molar-refractivity contribution < 1.29 is 9.52 Å². The van der Waals surface area contributed by atoms with Crippen LogP contribution in [0.3, 0.4) is 0 Å². The Bertz CT molecular complexity index is 447. The van der Waals surface area contributed by atoms with Crippen LogP contribution in [-0.4, -0.2) is 16.7 Å². The Labute approximate surface area is 87.7 Å². The lowest BCUT2D eigenvalue weighted by Crippen LogP contribution is -2.38. The van der Waals surface area contributed by atoms with E-state index in [1.165, 1.54) is 0 Å². The number of benzene rings is 1.